The zero-order valence-corrected chi connectivity index (χ0v) is 31.9. The van der Waals surface area contributed by atoms with Crippen molar-refractivity contribution in [2.75, 3.05) is 13.2 Å². The van der Waals surface area contributed by atoms with Crippen molar-refractivity contribution in [1.29, 1.82) is 0 Å². The van der Waals surface area contributed by atoms with E-state index in [9.17, 15) is 48.6 Å². The highest BCUT2D eigenvalue weighted by molar-refractivity contribution is 5.94. The molecule has 1 aliphatic carbocycles. The minimum atomic E-state index is -1.50. The number of carbonyl (C=O) groups excluding carboxylic acids is 6. The van der Waals surface area contributed by atoms with E-state index in [0.717, 1.165) is 22.3 Å². The van der Waals surface area contributed by atoms with E-state index < -0.39 is 110 Å². The number of hydrogen-bond donors (Lipinski definition) is 10. The molecule has 310 valence electrons. The van der Waals surface area contributed by atoms with Crippen LogP contribution in [-0.4, -0.2) is 112 Å². The number of ether oxygens (including phenoxy) is 1. The van der Waals surface area contributed by atoms with Gasteiger partial charge in [0.15, 0.2) is 0 Å². The predicted octanol–water partition coefficient (Wildman–Crippen LogP) is -0.567. The van der Waals surface area contributed by atoms with Crippen LogP contribution < -0.4 is 38.1 Å². The smallest absolute Gasteiger partial charge is 0.407 e. The number of carbonyl (C=O) groups is 8. The van der Waals surface area contributed by atoms with Gasteiger partial charge in [0.2, 0.25) is 29.5 Å². The lowest BCUT2D eigenvalue weighted by Crippen LogP contribution is -2.58. The van der Waals surface area contributed by atoms with Crippen LogP contribution in [0.25, 0.3) is 11.1 Å². The summed E-state index contributed by atoms with van der Waals surface area (Å²) >= 11 is 0. The number of nitrogens with one attached hydrogen (secondary N) is 5. The molecule has 2 aromatic carbocycles. The maximum atomic E-state index is 13.5. The largest absolute Gasteiger partial charge is 0.481 e. The Balaban J connectivity index is 1.64. The van der Waals surface area contributed by atoms with Gasteiger partial charge in [-0.25, -0.2) is 4.79 Å². The highest BCUT2D eigenvalue weighted by Crippen LogP contribution is 2.44. The number of primary amides is 2. The summed E-state index contributed by atoms with van der Waals surface area (Å²) in [6.45, 7) is 4.32. The fraction of sp³-hybridized carbons (Fsp3) is 0.474. The van der Waals surface area contributed by atoms with E-state index in [1.165, 1.54) is 6.92 Å². The van der Waals surface area contributed by atoms with Crippen LogP contribution in [0.15, 0.2) is 48.5 Å². The highest BCUT2D eigenvalue weighted by Gasteiger charge is 2.33. The Hall–Kier alpha value is -6.08. The molecule has 0 aliphatic heterocycles. The quantitative estimate of drug-likeness (QED) is 0.0675. The first-order valence-corrected chi connectivity index (χ1v) is 18.3. The zero-order valence-electron chi connectivity index (χ0n) is 31.9. The molecule has 0 saturated heterocycles. The summed E-state index contributed by atoms with van der Waals surface area (Å²) in [6, 6.07) is 8.69. The van der Waals surface area contributed by atoms with Crippen LogP contribution in [0.5, 0.6) is 0 Å². The molecule has 0 fully saturated rings. The number of carboxylic acids is 2. The van der Waals surface area contributed by atoms with Crippen LogP contribution in [0.4, 0.5) is 4.79 Å². The van der Waals surface area contributed by atoms with Gasteiger partial charge in [0.05, 0.1) is 31.0 Å². The summed E-state index contributed by atoms with van der Waals surface area (Å²) in [7, 11) is 0. The second-order valence-electron chi connectivity index (χ2n) is 14.2. The molecule has 6 amide bonds. The number of aliphatic hydroxyl groups excluding tert-OH is 1. The van der Waals surface area contributed by atoms with Gasteiger partial charge in [-0.2, -0.15) is 0 Å². The Bertz CT molecular complexity index is 1760. The molecule has 3 rings (SSSR count). The van der Waals surface area contributed by atoms with E-state index in [0.29, 0.717) is 0 Å². The van der Waals surface area contributed by atoms with Crippen molar-refractivity contribution in [2.45, 2.75) is 95.1 Å². The first-order chi connectivity index (χ1) is 26.9. The Kier molecular flexibility index (Phi) is 16.9. The molecule has 0 radical (unpaired) electrons. The van der Waals surface area contributed by atoms with Crippen LogP contribution in [0.1, 0.15) is 69.9 Å². The summed E-state index contributed by atoms with van der Waals surface area (Å²) in [5.74, 6) is -7.68. The standard InChI is InChI=1S/C38H51N7O12/c1-19(2)14-27(30(46)17-41-28(16-33(50)51)36(54)42-20(3)35(53)43-26(34(40)52)12-13-32(48)49)44-37(55)29(15-31(39)47)45-38(56)57-18-25-23-10-6-4-8-21(23)22-9-5-7-11-24(22)25/h4-11,19-20,25-30,41,46H,12-18H2,1-3H3,(H2,39,47)(H2,40,52)(H,42,54)(H,43,53)(H,44,55)(H,45,56)(H,48,49)(H,50,51)/t20-,26-,27-,28-,29-,30-/m0/s1. The van der Waals surface area contributed by atoms with Gasteiger partial charge in [-0.15, -0.1) is 0 Å². The van der Waals surface area contributed by atoms with Crippen molar-refractivity contribution >= 4 is 47.6 Å². The molecular weight excluding hydrogens is 746 g/mol. The third kappa shape index (κ3) is 13.9. The monoisotopic (exact) mass is 797 g/mol. The normalized spacial score (nSPS) is 15.0. The Labute approximate surface area is 328 Å². The number of benzene rings is 2. The van der Waals surface area contributed by atoms with Gasteiger partial charge >= 0.3 is 18.0 Å². The van der Waals surface area contributed by atoms with E-state index >= 15 is 0 Å². The summed E-state index contributed by atoms with van der Waals surface area (Å²) in [6.07, 6.45) is -4.44. The number of alkyl carbamates (subject to hydrolysis) is 1. The Morgan fingerprint density at radius 3 is 1.82 bits per heavy atom. The van der Waals surface area contributed by atoms with Crippen LogP contribution in [-0.2, 0) is 38.3 Å². The fourth-order valence-corrected chi connectivity index (χ4v) is 6.36. The molecule has 0 aromatic heterocycles. The van der Waals surface area contributed by atoms with E-state index in [2.05, 4.69) is 26.6 Å². The fourth-order valence-electron chi connectivity index (χ4n) is 6.36. The lowest BCUT2D eigenvalue weighted by Gasteiger charge is -2.29. The Morgan fingerprint density at radius 2 is 1.30 bits per heavy atom. The molecular formula is C38H51N7O12. The number of carboxylic acid groups (broad SMARTS) is 2. The van der Waals surface area contributed by atoms with E-state index in [1.807, 2.05) is 48.5 Å². The van der Waals surface area contributed by atoms with Crippen molar-refractivity contribution in [2.24, 2.45) is 17.4 Å². The molecule has 0 spiro atoms. The zero-order chi connectivity index (χ0) is 42.4. The number of aliphatic hydroxyl groups is 1. The number of fused-ring (bicyclic) bond motifs is 3. The lowest BCUT2D eigenvalue weighted by molar-refractivity contribution is -0.140. The second-order valence-corrected chi connectivity index (χ2v) is 14.2. The van der Waals surface area contributed by atoms with E-state index in [4.69, 9.17) is 21.3 Å². The first kappa shape index (κ1) is 45.3. The van der Waals surface area contributed by atoms with Crippen LogP contribution in [0.2, 0.25) is 0 Å². The van der Waals surface area contributed by atoms with E-state index in [-0.39, 0.29) is 31.3 Å². The molecule has 6 atom stereocenters. The average molecular weight is 798 g/mol. The first-order valence-electron chi connectivity index (χ1n) is 18.3. The van der Waals surface area contributed by atoms with Crippen molar-refractivity contribution in [3.05, 3.63) is 59.7 Å². The number of rotatable bonds is 23. The number of aliphatic carboxylic acids is 2. The van der Waals surface area contributed by atoms with Gasteiger partial charge in [0.25, 0.3) is 0 Å². The summed E-state index contributed by atoms with van der Waals surface area (Å²) in [5.41, 5.74) is 14.6. The van der Waals surface area contributed by atoms with Crippen molar-refractivity contribution in [3.63, 3.8) is 0 Å². The lowest BCUT2D eigenvalue weighted by atomic mass is 9.98. The molecule has 57 heavy (non-hydrogen) atoms. The summed E-state index contributed by atoms with van der Waals surface area (Å²) in [5, 5.41) is 41.7. The maximum Gasteiger partial charge on any atom is 0.407 e. The summed E-state index contributed by atoms with van der Waals surface area (Å²) in [4.78, 5) is 98.4. The van der Waals surface area contributed by atoms with Gasteiger partial charge < -0.3 is 58.1 Å². The molecule has 19 heteroatoms. The second kappa shape index (κ2) is 21.3. The SMILES string of the molecule is CC(C)C[C@H](NC(=O)[C@H](CC(N)=O)NC(=O)OCC1c2ccccc2-c2ccccc21)[C@@H](O)CN[C@@H](CC(=O)O)C(=O)N[C@@H](C)C(=O)N[C@@H](CCC(=O)O)C(N)=O. The van der Waals surface area contributed by atoms with Crippen molar-refractivity contribution in [1.82, 2.24) is 26.6 Å². The minimum Gasteiger partial charge on any atom is -0.481 e. The summed E-state index contributed by atoms with van der Waals surface area (Å²) < 4.78 is 5.53. The van der Waals surface area contributed by atoms with Crippen LogP contribution in [0.3, 0.4) is 0 Å². The minimum absolute atomic E-state index is 0.0691. The number of amides is 6. The molecule has 2 aromatic rings. The van der Waals surface area contributed by atoms with Gasteiger partial charge in [0.1, 0.15) is 24.7 Å². The third-order valence-electron chi connectivity index (χ3n) is 9.20. The number of nitrogens with two attached hydrogens (primary N) is 2. The molecule has 12 N–H and O–H groups in total. The molecule has 0 unspecified atom stereocenters. The van der Waals surface area contributed by atoms with Crippen molar-refractivity contribution < 1.29 is 58.4 Å². The third-order valence-corrected chi connectivity index (χ3v) is 9.20. The number of hydrogen-bond acceptors (Lipinski definition) is 11. The van der Waals surface area contributed by atoms with Gasteiger partial charge in [0, 0.05) is 18.9 Å². The van der Waals surface area contributed by atoms with Gasteiger partial charge in [-0.05, 0) is 47.9 Å². The van der Waals surface area contributed by atoms with Gasteiger partial charge in [-0.1, -0.05) is 62.4 Å². The van der Waals surface area contributed by atoms with Crippen molar-refractivity contribution in [3.8, 4) is 11.1 Å². The van der Waals surface area contributed by atoms with Crippen LogP contribution >= 0.6 is 0 Å². The molecule has 19 nitrogen and oxygen atoms in total. The van der Waals surface area contributed by atoms with E-state index in [1.54, 1.807) is 13.8 Å². The predicted molar refractivity (Wildman–Crippen MR) is 203 cm³/mol. The molecule has 0 heterocycles. The van der Waals surface area contributed by atoms with Gasteiger partial charge in [-0.3, -0.25) is 33.6 Å². The molecule has 0 saturated carbocycles. The van der Waals surface area contributed by atoms with Crippen LogP contribution in [0, 0.1) is 5.92 Å². The highest BCUT2D eigenvalue weighted by atomic mass is 16.5. The average Bonchev–Trinajstić information content (AvgIpc) is 3.45. The topological polar surface area (TPSA) is 319 Å². The molecule has 0 bridgehead atoms. The maximum absolute atomic E-state index is 13.5. The Morgan fingerprint density at radius 1 is 0.719 bits per heavy atom. The molecule has 1 aliphatic rings.